The SMILES string of the molecule is Cc1ccc(-c2cc(C(=O)N3CC[C@](C)(O)[C@H](O)C3)n[nH]2)o1. The first kappa shape index (κ1) is 14.8. The fourth-order valence-electron chi connectivity index (χ4n) is 2.51. The summed E-state index contributed by atoms with van der Waals surface area (Å²) < 4.78 is 5.48. The molecular formula is C15H19N3O4. The quantitative estimate of drug-likeness (QED) is 0.766. The highest BCUT2D eigenvalue weighted by molar-refractivity contribution is 5.93. The standard InChI is InChI=1S/C15H19N3O4/c1-9-3-4-12(22-9)10-7-11(17-16-10)14(20)18-6-5-15(2,21)13(19)8-18/h3-4,7,13,19,21H,5-6,8H2,1-2H3,(H,16,17)/t13-,15+/m1/s1. The number of hydrogen-bond acceptors (Lipinski definition) is 5. The van der Waals surface area contributed by atoms with Crippen molar-refractivity contribution in [2.45, 2.75) is 32.0 Å². The fraction of sp³-hybridized carbons (Fsp3) is 0.467. The summed E-state index contributed by atoms with van der Waals surface area (Å²) in [6.45, 7) is 3.89. The molecule has 1 aliphatic heterocycles. The van der Waals surface area contributed by atoms with Gasteiger partial charge in [-0.1, -0.05) is 0 Å². The van der Waals surface area contributed by atoms with Crippen molar-refractivity contribution in [3.63, 3.8) is 0 Å². The van der Waals surface area contributed by atoms with Crippen LogP contribution in [0, 0.1) is 6.92 Å². The molecule has 22 heavy (non-hydrogen) atoms. The number of aliphatic hydroxyl groups is 2. The number of nitrogens with one attached hydrogen (secondary N) is 1. The van der Waals surface area contributed by atoms with E-state index in [-0.39, 0.29) is 18.1 Å². The van der Waals surface area contributed by atoms with Crippen LogP contribution in [0.3, 0.4) is 0 Å². The van der Waals surface area contributed by atoms with Crippen molar-refractivity contribution >= 4 is 5.91 Å². The number of rotatable bonds is 2. The Hall–Kier alpha value is -2.12. The van der Waals surface area contributed by atoms with Gasteiger partial charge in [0, 0.05) is 19.2 Å². The van der Waals surface area contributed by atoms with Gasteiger partial charge in [-0.3, -0.25) is 9.89 Å². The van der Waals surface area contributed by atoms with Gasteiger partial charge in [-0.25, -0.2) is 0 Å². The molecular weight excluding hydrogens is 286 g/mol. The number of nitrogens with zero attached hydrogens (tertiary/aromatic N) is 2. The zero-order chi connectivity index (χ0) is 15.9. The van der Waals surface area contributed by atoms with Crippen LogP contribution < -0.4 is 0 Å². The van der Waals surface area contributed by atoms with Gasteiger partial charge in [-0.15, -0.1) is 0 Å². The molecule has 3 rings (SSSR count). The summed E-state index contributed by atoms with van der Waals surface area (Å²) in [4.78, 5) is 13.9. The lowest BCUT2D eigenvalue weighted by Crippen LogP contribution is -2.55. The number of piperidine rings is 1. The molecule has 2 aromatic rings. The number of carbonyl (C=O) groups excluding carboxylic acids is 1. The van der Waals surface area contributed by atoms with Gasteiger partial charge >= 0.3 is 0 Å². The van der Waals surface area contributed by atoms with Gasteiger partial charge in [0.15, 0.2) is 11.5 Å². The smallest absolute Gasteiger partial charge is 0.274 e. The number of likely N-dealkylation sites (tertiary alicyclic amines) is 1. The average Bonchev–Trinajstić information content (AvgIpc) is 3.09. The van der Waals surface area contributed by atoms with Crippen LogP contribution in [0.5, 0.6) is 0 Å². The lowest BCUT2D eigenvalue weighted by molar-refractivity contribution is -0.0999. The van der Waals surface area contributed by atoms with E-state index in [1.807, 2.05) is 13.0 Å². The molecule has 1 aliphatic rings. The predicted octanol–water partition coefficient (Wildman–Crippen LogP) is 0.936. The maximum atomic E-state index is 12.4. The summed E-state index contributed by atoms with van der Waals surface area (Å²) in [5, 5.41) is 26.6. The summed E-state index contributed by atoms with van der Waals surface area (Å²) in [6.07, 6.45) is -0.634. The number of carbonyl (C=O) groups is 1. The molecule has 1 fully saturated rings. The maximum Gasteiger partial charge on any atom is 0.274 e. The average molecular weight is 305 g/mol. The van der Waals surface area contributed by atoms with Gasteiger partial charge in [0.05, 0.1) is 11.7 Å². The number of aryl methyl sites for hydroxylation is 1. The number of amides is 1. The second-order valence-electron chi connectivity index (χ2n) is 5.95. The third-order valence-corrected chi connectivity index (χ3v) is 4.09. The van der Waals surface area contributed by atoms with Crippen LogP contribution in [-0.4, -0.2) is 56.0 Å². The molecule has 118 valence electrons. The van der Waals surface area contributed by atoms with Crippen molar-refractivity contribution in [2.75, 3.05) is 13.1 Å². The highest BCUT2D eigenvalue weighted by atomic mass is 16.3. The number of aromatic amines is 1. The van der Waals surface area contributed by atoms with E-state index in [1.165, 1.54) is 4.90 Å². The molecule has 7 heteroatoms. The van der Waals surface area contributed by atoms with Crippen molar-refractivity contribution in [3.05, 3.63) is 29.7 Å². The van der Waals surface area contributed by atoms with Crippen LogP contribution in [0.1, 0.15) is 29.6 Å². The molecule has 3 heterocycles. The zero-order valence-electron chi connectivity index (χ0n) is 12.5. The van der Waals surface area contributed by atoms with E-state index >= 15 is 0 Å². The van der Waals surface area contributed by atoms with Gasteiger partial charge in [0.1, 0.15) is 11.5 Å². The minimum Gasteiger partial charge on any atom is -0.460 e. The molecule has 0 unspecified atom stereocenters. The summed E-state index contributed by atoms with van der Waals surface area (Å²) >= 11 is 0. The number of aromatic nitrogens is 2. The first-order valence-corrected chi connectivity index (χ1v) is 7.19. The number of β-amino-alcohol motifs (C(OH)–C–C–N with tert-alkyl or cyclic N) is 1. The van der Waals surface area contributed by atoms with Crippen LogP contribution in [-0.2, 0) is 0 Å². The number of furan rings is 1. The van der Waals surface area contributed by atoms with Crippen molar-refractivity contribution in [1.82, 2.24) is 15.1 Å². The molecule has 0 bridgehead atoms. The third-order valence-electron chi connectivity index (χ3n) is 4.09. The molecule has 3 N–H and O–H groups in total. The van der Waals surface area contributed by atoms with Crippen molar-refractivity contribution in [3.8, 4) is 11.5 Å². The second-order valence-corrected chi connectivity index (χ2v) is 5.95. The van der Waals surface area contributed by atoms with Gasteiger partial charge in [0.25, 0.3) is 5.91 Å². The maximum absolute atomic E-state index is 12.4. The van der Waals surface area contributed by atoms with Gasteiger partial charge in [-0.05, 0) is 32.4 Å². The number of H-pyrrole nitrogens is 1. The van der Waals surface area contributed by atoms with Gasteiger partial charge in [-0.2, -0.15) is 5.10 Å². The van der Waals surface area contributed by atoms with Crippen LogP contribution in [0.25, 0.3) is 11.5 Å². The van der Waals surface area contributed by atoms with Crippen molar-refractivity contribution < 1.29 is 19.4 Å². The van der Waals surface area contributed by atoms with E-state index in [0.717, 1.165) is 5.76 Å². The Kier molecular flexibility index (Phi) is 3.54. The number of hydrogen-bond donors (Lipinski definition) is 3. The van der Waals surface area contributed by atoms with E-state index in [2.05, 4.69) is 10.2 Å². The first-order valence-electron chi connectivity index (χ1n) is 7.19. The second kappa shape index (κ2) is 5.26. The molecule has 0 radical (unpaired) electrons. The largest absolute Gasteiger partial charge is 0.460 e. The summed E-state index contributed by atoms with van der Waals surface area (Å²) in [7, 11) is 0. The van der Waals surface area contributed by atoms with Crippen LogP contribution in [0.15, 0.2) is 22.6 Å². The normalized spacial score (nSPS) is 25.5. The summed E-state index contributed by atoms with van der Waals surface area (Å²) in [5.74, 6) is 1.12. The van der Waals surface area contributed by atoms with E-state index in [1.54, 1.807) is 19.1 Å². The van der Waals surface area contributed by atoms with Gasteiger partial charge < -0.3 is 19.5 Å². The highest BCUT2D eigenvalue weighted by Crippen LogP contribution is 2.24. The molecule has 0 aliphatic carbocycles. The molecule has 7 nitrogen and oxygen atoms in total. The Balaban J connectivity index is 1.75. The van der Waals surface area contributed by atoms with Crippen molar-refractivity contribution in [2.24, 2.45) is 0 Å². The topological polar surface area (TPSA) is 103 Å². The van der Waals surface area contributed by atoms with Crippen molar-refractivity contribution in [1.29, 1.82) is 0 Å². The lowest BCUT2D eigenvalue weighted by Gasteiger charge is -2.39. The lowest BCUT2D eigenvalue weighted by atomic mass is 9.90. The molecule has 0 saturated carbocycles. The highest BCUT2D eigenvalue weighted by Gasteiger charge is 2.38. The zero-order valence-corrected chi connectivity index (χ0v) is 12.5. The number of aliphatic hydroxyl groups excluding tert-OH is 1. The Morgan fingerprint density at radius 3 is 2.95 bits per heavy atom. The van der Waals surface area contributed by atoms with Gasteiger partial charge in [0.2, 0.25) is 0 Å². The minimum atomic E-state index is -1.15. The van der Waals surface area contributed by atoms with E-state index < -0.39 is 11.7 Å². The fourth-order valence-corrected chi connectivity index (χ4v) is 2.51. The summed E-state index contributed by atoms with van der Waals surface area (Å²) in [6, 6.07) is 5.26. The monoisotopic (exact) mass is 305 g/mol. The Morgan fingerprint density at radius 1 is 1.55 bits per heavy atom. The van der Waals surface area contributed by atoms with Crippen LogP contribution >= 0.6 is 0 Å². The molecule has 0 aromatic carbocycles. The minimum absolute atomic E-state index is 0.0912. The van der Waals surface area contributed by atoms with Crippen LogP contribution in [0.4, 0.5) is 0 Å². The Bertz CT molecular complexity index is 689. The molecule has 0 spiro atoms. The van der Waals surface area contributed by atoms with E-state index in [9.17, 15) is 15.0 Å². The predicted molar refractivity (Wildman–Crippen MR) is 78.2 cm³/mol. The first-order chi connectivity index (χ1) is 10.4. The van der Waals surface area contributed by atoms with Crippen LogP contribution in [0.2, 0.25) is 0 Å². The Labute approximate surface area is 127 Å². The van der Waals surface area contributed by atoms with E-state index in [0.29, 0.717) is 24.4 Å². The molecule has 1 amide bonds. The molecule has 2 aromatic heterocycles. The summed E-state index contributed by atoms with van der Waals surface area (Å²) in [5.41, 5.74) is -0.266. The third kappa shape index (κ3) is 2.65. The van der Waals surface area contributed by atoms with E-state index in [4.69, 9.17) is 4.42 Å². The molecule has 1 saturated heterocycles. The molecule has 2 atom stereocenters. The Morgan fingerprint density at radius 2 is 2.32 bits per heavy atom.